The molecule has 3 aromatic rings. The molecule has 0 bridgehead atoms. The van der Waals surface area contributed by atoms with Gasteiger partial charge < -0.3 is 14.5 Å². The number of benzene rings is 2. The molecule has 2 N–H and O–H groups in total. The van der Waals surface area contributed by atoms with Gasteiger partial charge in [-0.25, -0.2) is 13.1 Å². The average Bonchev–Trinajstić information content (AvgIpc) is 3.26. The molecule has 0 aliphatic carbocycles. The lowest BCUT2D eigenvalue weighted by atomic mass is 9.85. The summed E-state index contributed by atoms with van der Waals surface area (Å²) in [6, 6.07) is 12.6. The number of aromatic nitrogens is 1. The normalized spacial score (nSPS) is 14.1. The largest absolute Gasteiger partial charge is 0.454 e. The number of sulfonamides is 1. The molecule has 1 aliphatic rings. The van der Waals surface area contributed by atoms with Gasteiger partial charge >= 0.3 is 0 Å². The van der Waals surface area contributed by atoms with Crippen molar-refractivity contribution in [2.75, 3.05) is 13.3 Å². The number of nitrogens with one attached hydrogen (secondary N) is 2. The Bertz CT molecular complexity index is 1070. The molecule has 0 saturated heterocycles. The first kappa shape index (κ1) is 16.9. The predicted molar refractivity (Wildman–Crippen MR) is 99.1 cm³/mol. The Morgan fingerprint density at radius 3 is 2.73 bits per heavy atom. The van der Waals surface area contributed by atoms with E-state index < -0.39 is 10.0 Å². The number of para-hydroxylation sites is 1. The molecule has 6 nitrogen and oxygen atoms in total. The van der Waals surface area contributed by atoms with E-state index in [0.717, 1.165) is 16.5 Å². The molecule has 0 saturated carbocycles. The van der Waals surface area contributed by atoms with E-state index in [4.69, 9.17) is 9.47 Å². The minimum atomic E-state index is -3.66. The minimum Gasteiger partial charge on any atom is -0.454 e. The second kappa shape index (κ2) is 6.03. The maximum atomic E-state index is 12.7. The fourth-order valence-electron chi connectivity index (χ4n) is 3.13. The van der Waals surface area contributed by atoms with Crippen LogP contribution in [0.25, 0.3) is 10.9 Å². The summed E-state index contributed by atoms with van der Waals surface area (Å²) in [5.41, 5.74) is 1.72. The average molecular weight is 372 g/mol. The van der Waals surface area contributed by atoms with Crippen molar-refractivity contribution < 1.29 is 17.9 Å². The molecule has 0 unspecified atom stereocenters. The molecule has 2 aromatic carbocycles. The van der Waals surface area contributed by atoms with E-state index in [0.29, 0.717) is 11.5 Å². The van der Waals surface area contributed by atoms with Crippen molar-refractivity contribution in [2.45, 2.75) is 24.2 Å². The topological polar surface area (TPSA) is 80.4 Å². The van der Waals surface area contributed by atoms with Gasteiger partial charge in [-0.3, -0.25) is 0 Å². The summed E-state index contributed by atoms with van der Waals surface area (Å²) >= 11 is 0. The van der Waals surface area contributed by atoms with Gasteiger partial charge in [0, 0.05) is 35.1 Å². The maximum Gasteiger partial charge on any atom is 0.240 e. The third-order valence-electron chi connectivity index (χ3n) is 4.68. The zero-order valence-corrected chi connectivity index (χ0v) is 15.4. The predicted octanol–water partition coefficient (Wildman–Crippen LogP) is 3.15. The quantitative estimate of drug-likeness (QED) is 0.721. The Morgan fingerprint density at radius 2 is 1.88 bits per heavy atom. The summed E-state index contributed by atoms with van der Waals surface area (Å²) in [6.45, 7) is 4.42. The fourth-order valence-corrected chi connectivity index (χ4v) is 4.36. The SMILES string of the molecule is CC(C)(CNS(=O)(=O)c1ccc2c(c1)OCO2)c1c[nH]c2ccccc12. The zero-order chi connectivity index (χ0) is 18.4. The second-order valence-corrected chi connectivity index (χ2v) is 8.74. The van der Waals surface area contributed by atoms with Gasteiger partial charge in [0.1, 0.15) is 0 Å². The van der Waals surface area contributed by atoms with Crippen LogP contribution in [0.4, 0.5) is 0 Å². The highest BCUT2D eigenvalue weighted by atomic mass is 32.2. The zero-order valence-electron chi connectivity index (χ0n) is 14.6. The van der Waals surface area contributed by atoms with Crippen molar-refractivity contribution in [1.29, 1.82) is 0 Å². The van der Waals surface area contributed by atoms with E-state index in [1.807, 2.05) is 44.3 Å². The molecule has 0 spiro atoms. The van der Waals surface area contributed by atoms with E-state index in [1.54, 1.807) is 6.07 Å². The summed E-state index contributed by atoms with van der Waals surface area (Å²) in [5.74, 6) is 1.01. The molecule has 7 heteroatoms. The summed E-state index contributed by atoms with van der Waals surface area (Å²) in [4.78, 5) is 3.41. The monoisotopic (exact) mass is 372 g/mol. The Labute approximate surface area is 152 Å². The van der Waals surface area contributed by atoms with E-state index >= 15 is 0 Å². The Morgan fingerprint density at radius 1 is 1.12 bits per heavy atom. The molecular formula is C19H20N2O4S. The van der Waals surface area contributed by atoms with Crippen molar-refractivity contribution >= 4 is 20.9 Å². The molecule has 1 aliphatic heterocycles. The highest BCUT2D eigenvalue weighted by Gasteiger charge is 2.27. The van der Waals surface area contributed by atoms with Gasteiger partial charge in [-0.05, 0) is 23.8 Å². The van der Waals surface area contributed by atoms with Gasteiger partial charge in [0.2, 0.25) is 16.8 Å². The van der Waals surface area contributed by atoms with Crippen molar-refractivity contribution in [2.24, 2.45) is 0 Å². The number of ether oxygens (including phenoxy) is 2. The van der Waals surface area contributed by atoms with Crippen LogP contribution in [0.1, 0.15) is 19.4 Å². The molecule has 0 fully saturated rings. The number of hydrogen-bond acceptors (Lipinski definition) is 4. The lowest BCUT2D eigenvalue weighted by molar-refractivity contribution is 0.174. The second-order valence-electron chi connectivity index (χ2n) is 6.97. The van der Waals surface area contributed by atoms with Crippen LogP contribution in [0.15, 0.2) is 53.6 Å². The van der Waals surface area contributed by atoms with Crippen LogP contribution in [-0.2, 0) is 15.4 Å². The highest BCUT2D eigenvalue weighted by molar-refractivity contribution is 7.89. The van der Waals surface area contributed by atoms with E-state index in [1.165, 1.54) is 12.1 Å². The standard InChI is InChI=1S/C19H20N2O4S/c1-19(2,15-10-20-16-6-4-3-5-14(15)16)11-21-26(22,23)13-7-8-17-18(9-13)25-12-24-17/h3-10,20-21H,11-12H2,1-2H3. The van der Waals surface area contributed by atoms with E-state index in [-0.39, 0.29) is 23.6 Å². The summed E-state index contributed by atoms with van der Waals surface area (Å²) in [7, 11) is -3.66. The van der Waals surface area contributed by atoms with Gasteiger partial charge in [-0.2, -0.15) is 0 Å². The van der Waals surface area contributed by atoms with Crippen LogP contribution in [0.5, 0.6) is 11.5 Å². The third-order valence-corrected chi connectivity index (χ3v) is 6.08. The van der Waals surface area contributed by atoms with Gasteiger partial charge in [0.25, 0.3) is 0 Å². The molecule has 0 amide bonds. The number of fused-ring (bicyclic) bond motifs is 2. The van der Waals surface area contributed by atoms with Crippen LogP contribution >= 0.6 is 0 Å². The lowest BCUT2D eigenvalue weighted by Gasteiger charge is -2.25. The van der Waals surface area contributed by atoms with Gasteiger partial charge in [-0.15, -0.1) is 0 Å². The van der Waals surface area contributed by atoms with Crippen LogP contribution < -0.4 is 14.2 Å². The van der Waals surface area contributed by atoms with Crippen LogP contribution in [-0.4, -0.2) is 26.7 Å². The molecule has 0 atom stereocenters. The number of rotatable bonds is 5. The van der Waals surface area contributed by atoms with Gasteiger partial charge in [-0.1, -0.05) is 32.0 Å². The molecule has 2 heterocycles. The third kappa shape index (κ3) is 2.93. The van der Waals surface area contributed by atoms with Crippen molar-refractivity contribution in [3.8, 4) is 11.5 Å². The van der Waals surface area contributed by atoms with Crippen LogP contribution in [0.2, 0.25) is 0 Å². The summed E-state index contributed by atoms with van der Waals surface area (Å²) < 4.78 is 38.6. The first-order valence-electron chi connectivity index (χ1n) is 8.33. The molecule has 1 aromatic heterocycles. The first-order chi connectivity index (χ1) is 12.4. The van der Waals surface area contributed by atoms with Crippen molar-refractivity contribution in [1.82, 2.24) is 9.71 Å². The smallest absolute Gasteiger partial charge is 0.240 e. The first-order valence-corrected chi connectivity index (χ1v) is 9.81. The van der Waals surface area contributed by atoms with Crippen molar-refractivity contribution in [3.05, 3.63) is 54.2 Å². The molecule has 0 radical (unpaired) electrons. The van der Waals surface area contributed by atoms with E-state index in [9.17, 15) is 8.42 Å². The molecule has 26 heavy (non-hydrogen) atoms. The van der Waals surface area contributed by atoms with Gasteiger partial charge in [0.05, 0.1) is 4.90 Å². The lowest BCUT2D eigenvalue weighted by Crippen LogP contribution is -2.36. The maximum absolute atomic E-state index is 12.7. The van der Waals surface area contributed by atoms with Crippen LogP contribution in [0, 0.1) is 0 Å². The van der Waals surface area contributed by atoms with E-state index in [2.05, 4.69) is 9.71 Å². The molecule has 136 valence electrons. The minimum absolute atomic E-state index is 0.111. The summed E-state index contributed by atoms with van der Waals surface area (Å²) in [6.07, 6.45) is 1.94. The molecule has 4 rings (SSSR count). The highest BCUT2D eigenvalue weighted by Crippen LogP contribution is 2.34. The van der Waals surface area contributed by atoms with Crippen molar-refractivity contribution in [3.63, 3.8) is 0 Å². The number of H-pyrrole nitrogens is 1. The number of aromatic amines is 1. The van der Waals surface area contributed by atoms with Gasteiger partial charge in [0.15, 0.2) is 11.5 Å². The molecular weight excluding hydrogens is 352 g/mol. The Kier molecular flexibility index (Phi) is 3.93. The Balaban J connectivity index is 1.57. The fraction of sp³-hybridized carbons (Fsp3) is 0.263. The number of hydrogen-bond donors (Lipinski definition) is 2. The summed E-state index contributed by atoms with van der Waals surface area (Å²) in [5, 5.41) is 1.10. The Hall–Kier alpha value is -2.51. The van der Waals surface area contributed by atoms with Crippen LogP contribution in [0.3, 0.4) is 0 Å².